The van der Waals surface area contributed by atoms with Crippen molar-refractivity contribution in [3.05, 3.63) is 23.0 Å². The number of likely N-dealkylation sites (tertiary alicyclic amines) is 1. The van der Waals surface area contributed by atoms with E-state index < -0.39 is 0 Å². The molecule has 0 radical (unpaired) electrons. The van der Waals surface area contributed by atoms with Gasteiger partial charge in [0.2, 0.25) is 0 Å². The molecular weight excluding hydrogens is 208 g/mol. The van der Waals surface area contributed by atoms with Crippen LogP contribution in [0.3, 0.4) is 0 Å². The summed E-state index contributed by atoms with van der Waals surface area (Å²) in [6, 6.07) is 0. The average molecular weight is 234 g/mol. The standard InChI is InChI=1S/C15H26N2/c1-4-12(2)11-13-7-9-17(10-8-13)15(16-3)14-5-6-14/h4,13,16H,5-11H2,1-3H3/b12-4-. The Balaban J connectivity index is 1.84. The first-order valence-electron chi connectivity index (χ1n) is 7.01. The first-order valence-corrected chi connectivity index (χ1v) is 7.01. The van der Waals surface area contributed by atoms with Crippen molar-refractivity contribution >= 4 is 0 Å². The van der Waals surface area contributed by atoms with Gasteiger partial charge < -0.3 is 10.2 Å². The van der Waals surface area contributed by atoms with Crippen molar-refractivity contribution in [3.8, 4) is 0 Å². The Morgan fingerprint density at radius 1 is 1.35 bits per heavy atom. The highest BCUT2D eigenvalue weighted by Gasteiger charge is 2.25. The van der Waals surface area contributed by atoms with E-state index >= 15 is 0 Å². The van der Waals surface area contributed by atoms with Gasteiger partial charge in [0.15, 0.2) is 0 Å². The van der Waals surface area contributed by atoms with Crippen molar-refractivity contribution < 1.29 is 0 Å². The Bertz CT molecular complexity index is 314. The van der Waals surface area contributed by atoms with Crippen molar-refractivity contribution in [2.45, 2.75) is 46.0 Å². The molecule has 1 N–H and O–H groups in total. The van der Waals surface area contributed by atoms with Crippen LogP contribution in [-0.4, -0.2) is 25.0 Å². The van der Waals surface area contributed by atoms with E-state index in [4.69, 9.17) is 0 Å². The van der Waals surface area contributed by atoms with Crippen molar-refractivity contribution in [1.82, 2.24) is 10.2 Å². The molecular formula is C15H26N2. The topological polar surface area (TPSA) is 15.3 Å². The van der Waals surface area contributed by atoms with Crippen molar-refractivity contribution in [3.63, 3.8) is 0 Å². The molecule has 1 aliphatic carbocycles. The lowest BCUT2D eigenvalue weighted by Gasteiger charge is -2.35. The monoisotopic (exact) mass is 234 g/mol. The third-order valence-electron chi connectivity index (χ3n) is 4.11. The minimum absolute atomic E-state index is 0.907. The Kier molecular flexibility index (Phi) is 4.14. The molecule has 0 atom stereocenters. The second-order valence-electron chi connectivity index (χ2n) is 5.47. The van der Waals surface area contributed by atoms with E-state index in [0.717, 1.165) is 5.92 Å². The van der Waals surface area contributed by atoms with Crippen LogP contribution in [0.5, 0.6) is 0 Å². The predicted octanol–water partition coefficient (Wildman–Crippen LogP) is 3.28. The number of rotatable bonds is 4. The second kappa shape index (κ2) is 5.61. The summed E-state index contributed by atoms with van der Waals surface area (Å²) in [5.74, 6) is 2.34. The molecule has 0 unspecified atom stereocenters. The molecule has 2 aliphatic rings. The van der Waals surface area contributed by atoms with Crippen molar-refractivity contribution in [2.24, 2.45) is 5.92 Å². The predicted molar refractivity (Wildman–Crippen MR) is 73.7 cm³/mol. The summed E-state index contributed by atoms with van der Waals surface area (Å²) in [6.45, 7) is 6.89. The summed E-state index contributed by atoms with van der Waals surface area (Å²) in [6.07, 6.45) is 8.89. The molecule has 96 valence electrons. The molecule has 0 spiro atoms. The van der Waals surface area contributed by atoms with Gasteiger partial charge in [0.1, 0.15) is 5.82 Å². The lowest BCUT2D eigenvalue weighted by atomic mass is 9.90. The van der Waals surface area contributed by atoms with Crippen LogP contribution in [0.4, 0.5) is 0 Å². The van der Waals surface area contributed by atoms with E-state index in [0.29, 0.717) is 0 Å². The largest absolute Gasteiger partial charge is 0.375 e. The molecule has 2 heteroatoms. The Morgan fingerprint density at radius 3 is 2.47 bits per heavy atom. The molecule has 2 nitrogen and oxygen atoms in total. The van der Waals surface area contributed by atoms with E-state index in [1.54, 1.807) is 11.1 Å². The minimum Gasteiger partial charge on any atom is -0.375 e. The maximum atomic E-state index is 3.39. The van der Waals surface area contributed by atoms with E-state index in [1.807, 2.05) is 0 Å². The third-order valence-corrected chi connectivity index (χ3v) is 4.11. The second-order valence-corrected chi connectivity index (χ2v) is 5.47. The quantitative estimate of drug-likeness (QED) is 0.751. The zero-order valence-corrected chi connectivity index (χ0v) is 11.6. The van der Waals surface area contributed by atoms with Gasteiger partial charge in [0.05, 0.1) is 0 Å². The van der Waals surface area contributed by atoms with Gasteiger partial charge in [-0.25, -0.2) is 0 Å². The van der Waals surface area contributed by atoms with Gasteiger partial charge in [-0.2, -0.15) is 0 Å². The summed E-state index contributed by atoms with van der Waals surface area (Å²) in [4.78, 5) is 2.56. The summed E-state index contributed by atoms with van der Waals surface area (Å²) in [5.41, 5.74) is 3.19. The number of piperidine rings is 1. The number of hydrogen-bond acceptors (Lipinski definition) is 2. The first-order chi connectivity index (χ1) is 8.24. The SMILES string of the molecule is C/C=C(/C)CC1CCN(C(NC)=C2CC2)CC1. The molecule has 0 aromatic rings. The van der Waals surface area contributed by atoms with Crippen LogP contribution in [0, 0.1) is 5.92 Å². The summed E-state index contributed by atoms with van der Waals surface area (Å²) < 4.78 is 0. The number of nitrogens with zero attached hydrogens (tertiary/aromatic N) is 1. The molecule has 1 heterocycles. The molecule has 0 aromatic heterocycles. The highest BCUT2D eigenvalue weighted by Crippen LogP contribution is 2.34. The average Bonchev–Trinajstić information content (AvgIpc) is 3.16. The molecule has 2 rings (SSSR count). The normalized spacial score (nSPS) is 21.7. The molecule has 0 amide bonds. The van der Waals surface area contributed by atoms with E-state index in [2.05, 4.69) is 37.2 Å². The molecule has 1 aliphatic heterocycles. The van der Waals surface area contributed by atoms with Crippen LogP contribution in [-0.2, 0) is 0 Å². The van der Waals surface area contributed by atoms with Crippen LogP contribution in [0.15, 0.2) is 23.0 Å². The van der Waals surface area contributed by atoms with Gasteiger partial charge in [0, 0.05) is 20.1 Å². The van der Waals surface area contributed by atoms with Crippen LogP contribution < -0.4 is 5.32 Å². The van der Waals surface area contributed by atoms with E-state index in [1.165, 1.54) is 51.0 Å². The fourth-order valence-corrected chi connectivity index (χ4v) is 2.79. The van der Waals surface area contributed by atoms with Gasteiger partial charge in [-0.05, 0) is 57.4 Å². The molecule has 2 fully saturated rings. The van der Waals surface area contributed by atoms with Gasteiger partial charge in [-0.3, -0.25) is 0 Å². The maximum Gasteiger partial charge on any atom is 0.100 e. The summed E-state index contributed by atoms with van der Waals surface area (Å²) in [5, 5.41) is 3.39. The van der Waals surface area contributed by atoms with Gasteiger partial charge in [-0.15, -0.1) is 0 Å². The number of hydrogen-bond donors (Lipinski definition) is 1. The van der Waals surface area contributed by atoms with Crippen molar-refractivity contribution in [2.75, 3.05) is 20.1 Å². The first kappa shape index (κ1) is 12.5. The molecule has 1 saturated heterocycles. The van der Waals surface area contributed by atoms with Gasteiger partial charge in [-0.1, -0.05) is 11.6 Å². The Hall–Kier alpha value is -0.920. The molecule has 0 aromatic carbocycles. The fraction of sp³-hybridized carbons (Fsp3) is 0.733. The van der Waals surface area contributed by atoms with Gasteiger partial charge in [0.25, 0.3) is 0 Å². The van der Waals surface area contributed by atoms with E-state index in [9.17, 15) is 0 Å². The fourth-order valence-electron chi connectivity index (χ4n) is 2.79. The van der Waals surface area contributed by atoms with Crippen LogP contribution in [0.25, 0.3) is 0 Å². The highest BCUT2D eigenvalue weighted by molar-refractivity contribution is 5.23. The number of nitrogens with one attached hydrogen (secondary N) is 1. The van der Waals surface area contributed by atoms with Crippen LogP contribution >= 0.6 is 0 Å². The molecule has 1 saturated carbocycles. The zero-order chi connectivity index (χ0) is 12.3. The smallest absolute Gasteiger partial charge is 0.100 e. The third kappa shape index (κ3) is 3.27. The summed E-state index contributed by atoms with van der Waals surface area (Å²) >= 11 is 0. The number of allylic oxidation sites excluding steroid dienone is 3. The van der Waals surface area contributed by atoms with Crippen LogP contribution in [0.2, 0.25) is 0 Å². The van der Waals surface area contributed by atoms with Crippen molar-refractivity contribution in [1.29, 1.82) is 0 Å². The highest BCUT2D eigenvalue weighted by atomic mass is 15.2. The summed E-state index contributed by atoms with van der Waals surface area (Å²) in [7, 11) is 2.07. The van der Waals surface area contributed by atoms with E-state index in [-0.39, 0.29) is 0 Å². The minimum atomic E-state index is 0.907. The van der Waals surface area contributed by atoms with Crippen LogP contribution in [0.1, 0.15) is 46.0 Å². The lowest BCUT2D eigenvalue weighted by Crippen LogP contribution is -2.37. The maximum absolute atomic E-state index is 3.39. The Morgan fingerprint density at radius 2 is 2.00 bits per heavy atom. The zero-order valence-electron chi connectivity index (χ0n) is 11.6. The van der Waals surface area contributed by atoms with Gasteiger partial charge >= 0.3 is 0 Å². The molecule has 17 heavy (non-hydrogen) atoms. The molecule has 0 bridgehead atoms. The lowest BCUT2D eigenvalue weighted by molar-refractivity contribution is 0.215. The Labute approximate surface area is 106 Å².